The highest BCUT2D eigenvalue weighted by Crippen LogP contribution is 2.36. The van der Waals surface area contributed by atoms with Gasteiger partial charge in [0.15, 0.2) is 0 Å². The summed E-state index contributed by atoms with van der Waals surface area (Å²) in [6, 6.07) is 0. The van der Waals surface area contributed by atoms with E-state index in [-0.39, 0.29) is 12.7 Å². The lowest BCUT2D eigenvalue weighted by Crippen LogP contribution is -2.29. The van der Waals surface area contributed by atoms with Crippen LogP contribution in [0.4, 0.5) is 0 Å². The minimum atomic E-state index is -0.0892. The van der Waals surface area contributed by atoms with E-state index in [2.05, 4.69) is 13.8 Å². The van der Waals surface area contributed by atoms with Gasteiger partial charge < -0.3 is 10.2 Å². The summed E-state index contributed by atoms with van der Waals surface area (Å²) < 4.78 is 0. The van der Waals surface area contributed by atoms with Gasteiger partial charge in [-0.1, -0.05) is 20.3 Å². The molecule has 0 saturated heterocycles. The topological polar surface area (TPSA) is 40.5 Å². The highest BCUT2D eigenvalue weighted by Gasteiger charge is 2.29. The Bertz CT molecular complexity index is 158. The number of hydrogen-bond acceptors (Lipinski definition) is 2. The molecule has 2 nitrogen and oxygen atoms in total. The summed E-state index contributed by atoms with van der Waals surface area (Å²) in [7, 11) is 0. The Hall–Kier alpha value is -0.0800. The van der Waals surface area contributed by atoms with Crippen molar-refractivity contribution in [2.75, 3.05) is 6.61 Å². The Morgan fingerprint density at radius 2 is 2.00 bits per heavy atom. The first kappa shape index (κ1) is 12.0. The third-order valence-corrected chi connectivity index (χ3v) is 3.65. The molecule has 1 saturated carbocycles. The molecule has 0 aromatic rings. The van der Waals surface area contributed by atoms with E-state index in [0.29, 0.717) is 11.8 Å². The van der Waals surface area contributed by atoms with E-state index in [9.17, 15) is 5.11 Å². The lowest BCUT2D eigenvalue weighted by Gasteiger charge is -2.35. The van der Waals surface area contributed by atoms with Crippen LogP contribution in [0.25, 0.3) is 0 Å². The Morgan fingerprint density at radius 3 is 2.57 bits per heavy atom. The van der Waals surface area contributed by atoms with Crippen molar-refractivity contribution < 1.29 is 10.2 Å². The third kappa shape index (κ3) is 3.25. The molecule has 0 aliphatic heterocycles. The fourth-order valence-corrected chi connectivity index (χ4v) is 2.72. The maximum absolute atomic E-state index is 9.62. The predicted octanol–water partition coefficient (Wildman–Crippen LogP) is 2.19. The van der Waals surface area contributed by atoms with Gasteiger partial charge in [-0.15, -0.1) is 0 Å². The van der Waals surface area contributed by atoms with Gasteiger partial charge in [0.05, 0.1) is 6.10 Å². The Kier molecular flexibility index (Phi) is 4.90. The lowest BCUT2D eigenvalue weighted by atomic mass is 9.73. The minimum Gasteiger partial charge on any atom is -0.396 e. The summed E-state index contributed by atoms with van der Waals surface area (Å²) in [5.74, 6) is 1.79. The van der Waals surface area contributed by atoms with Crippen molar-refractivity contribution in [1.29, 1.82) is 0 Å². The molecule has 0 aromatic heterocycles. The molecule has 0 amide bonds. The molecule has 1 aliphatic carbocycles. The van der Waals surface area contributed by atoms with Gasteiger partial charge in [-0.05, 0) is 43.4 Å². The molecular formula is C12H24O2. The van der Waals surface area contributed by atoms with Gasteiger partial charge >= 0.3 is 0 Å². The Morgan fingerprint density at radius 1 is 1.29 bits per heavy atom. The minimum absolute atomic E-state index is 0.0892. The molecule has 0 radical (unpaired) electrons. The first-order valence-corrected chi connectivity index (χ1v) is 5.96. The summed E-state index contributed by atoms with van der Waals surface area (Å²) in [5.41, 5.74) is 0. The largest absolute Gasteiger partial charge is 0.396 e. The lowest BCUT2D eigenvalue weighted by molar-refractivity contribution is 0.0525. The standard InChI is InChI=1S/C12H24O2/c1-3-10-4-5-12(14)7-11(10)6-9(2)8-13/h9-14H,3-8H2,1-2H3/t9?,10-,11?,12?/m0/s1. The highest BCUT2D eigenvalue weighted by atomic mass is 16.3. The van der Waals surface area contributed by atoms with Crippen molar-refractivity contribution in [3.63, 3.8) is 0 Å². The SMILES string of the molecule is CC[C@H]1CCC(O)CC1CC(C)CO. The van der Waals surface area contributed by atoms with Gasteiger partial charge in [0.2, 0.25) is 0 Å². The van der Waals surface area contributed by atoms with E-state index in [1.807, 2.05) is 0 Å². The average Bonchev–Trinajstić information content (AvgIpc) is 2.18. The van der Waals surface area contributed by atoms with Crippen molar-refractivity contribution in [3.8, 4) is 0 Å². The molecule has 3 unspecified atom stereocenters. The zero-order valence-electron chi connectivity index (χ0n) is 9.45. The number of hydrogen-bond donors (Lipinski definition) is 2. The summed E-state index contributed by atoms with van der Waals surface area (Å²) >= 11 is 0. The molecular weight excluding hydrogens is 176 g/mol. The fourth-order valence-electron chi connectivity index (χ4n) is 2.72. The van der Waals surface area contributed by atoms with Crippen molar-refractivity contribution in [3.05, 3.63) is 0 Å². The van der Waals surface area contributed by atoms with Crippen molar-refractivity contribution in [2.24, 2.45) is 17.8 Å². The van der Waals surface area contributed by atoms with Crippen LogP contribution in [0.3, 0.4) is 0 Å². The van der Waals surface area contributed by atoms with Crippen LogP contribution in [-0.2, 0) is 0 Å². The fraction of sp³-hybridized carbons (Fsp3) is 1.00. The Labute approximate surface area is 87.3 Å². The maximum Gasteiger partial charge on any atom is 0.0543 e. The van der Waals surface area contributed by atoms with E-state index in [1.165, 1.54) is 12.8 Å². The van der Waals surface area contributed by atoms with Crippen LogP contribution in [0.15, 0.2) is 0 Å². The summed E-state index contributed by atoms with van der Waals surface area (Å²) in [6.07, 6.45) is 5.29. The second kappa shape index (κ2) is 5.72. The van der Waals surface area contributed by atoms with Crippen LogP contribution in [-0.4, -0.2) is 22.9 Å². The number of rotatable bonds is 4. The van der Waals surface area contributed by atoms with Gasteiger partial charge in [0.25, 0.3) is 0 Å². The van der Waals surface area contributed by atoms with Crippen LogP contribution in [0.2, 0.25) is 0 Å². The van der Waals surface area contributed by atoms with Crippen LogP contribution in [0, 0.1) is 17.8 Å². The smallest absolute Gasteiger partial charge is 0.0543 e. The van der Waals surface area contributed by atoms with E-state index in [4.69, 9.17) is 5.11 Å². The predicted molar refractivity (Wildman–Crippen MR) is 58.0 cm³/mol. The van der Waals surface area contributed by atoms with E-state index < -0.39 is 0 Å². The Balaban J connectivity index is 2.44. The van der Waals surface area contributed by atoms with Crippen LogP contribution in [0.5, 0.6) is 0 Å². The second-order valence-corrected chi connectivity index (χ2v) is 4.92. The van der Waals surface area contributed by atoms with E-state index in [0.717, 1.165) is 25.2 Å². The van der Waals surface area contributed by atoms with Crippen LogP contribution >= 0.6 is 0 Å². The normalized spacial score (nSPS) is 35.6. The number of aliphatic hydroxyl groups is 2. The van der Waals surface area contributed by atoms with Crippen molar-refractivity contribution in [2.45, 2.75) is 52.1 Å². The van der Waals surface area contributed by atoms with Crippen LogP contribution in [0.1, 0.15) is 46.0 Å². The monoisotopic (exact) mass is 200 g/mol. The molecule has 0 spiro atoms. The molecule has 1 fully saturated rings. The summed E-state index contributed by atoms with van der Waals surface area (Å²) in [5, 5.41) is 18.6. The first-order chi connectivity index (χ1) is 6.67. The maximum atomic E-state index is 9.62. The quantitative estimate of drug-likeness (QED) is 0.730. The molecule has 0 heterocycles. The van der Waals surface area contributed by atoms with Gasteiger partial charge in [-0.2, -0.15) is 0 Å². The second-order valence-electron chi connectivity index (χ2n) is 4.92. The van der Waals surface area contributed by atoms with Gasteiger partial charge in [0.1, 0.15) is 0 Å². The van der Waals surface area contributed by atoms with Gasteiger partial charge in [0, 0.05) is 6.61 Å². The first-order valence-electron chi connectivity index (χ1n) is 5.96. The van der Waals surface area contributed by atoms with Crippen LogP contribution < -0.4 is 0 Å². The molecule has 2 N–H and O–H groups in total. The summed E-state index contributed by atoms with van der Waals surface area (Å²) in [6.45, 7) is 4.61. The molecule has 0 bridgehead atoms. The zero-order chi connectivity index (χ0) is 10.6. The molecule has 2 heteroatoms. The highest BCUT2D eigenvalue weighted by molar-refractivity contribution is 4.80. The molecule has 14 heavy (non-hydrogen) atoms. The molecule has 1 rings (SSSR count). The molecule has 4 atom stereocenters. The van der Waals surface area contributed by atoms with Crippen molar-refractivity contribution >= 4 is 0 Å². The molecule has 84 valence electrons. The molecule has 1 aliphatic rings. The van der Waals surface area contributed by atoms with Crippen molar-refractivity contribution in [1.82, 2.24) is 0 Å². The summed E-state index contributed by atoms with van der Waals surface area (Å²) in [4.78, 5) is 0. The molecule has 0 aromatic carbocycles. The van der Waals surface area contributed by atoms with Gasteiger partial charge in [-0.25, -0.2) is 0 Å². The average molecular weight is 200 g/mol. The van der Waals surface area contributed by atoms with Gasteiger partial charge in [-0.3, -0.25) is 0 Å². The third-order valence-electron chi connectivity index (χ3n) is 3.65. The number of aliphatic hydroxyl groups excluding tert-OH is 2. The van der Waals surface area contributed by atoms with E-state index >= 15 is 0 Å². The zero-order valence-corrected chi connectivity index (χ0v) is 9.45. The van der Waals surface area contributed by atoms with E-state index in [1.54, 1.807) is 0 Å².